The van der Waals surface area contributed by atoms with Crippen LogP contribution in [0.2, 0.25) is 0 Å². The number of hydrogen-bond donors (Lipinski definition) is 1. The Balaban J connectivity index is 1.76. The molecule has 7 nitrogen and oxygen atoms in total. The van der Waals surface area contributed by atoms with Crippen LogP contribution < -0.4 is 5.32 Å². The van der Waals surface area contributed by atoms with Crippen LogP contribution in [-0.4, -0.2) is 43.8 Å². The Morgan fingerprint density at radius 2 is 2.15 bits per heavy atom. The molecule has 1 N–H and O–H groups in total. The first kappa shape index (κ1) is 19.0. The van der Waals surface area contributed by atoms with Crippen molar-refractivity contribution in [2.45, 2.75) is 33.2 Å². The van der Waals surface area contributed by atoms with E-state index in [0.717, 1.165) is 28.5 Å². The number of urea groups is 1. The number of para-hydroxylation sites is 1. The summed E-state index contributed by atoms with van der Waals surface area (Å²) in [6.07, 6.45) is 4.25. The zero-order chi connectivity index (χ0) is 19.2. The van der Waals surface area contributed by atoms with Gasteiger partial charge in [-0.15, -0.1) is 21.5 Å². The lowest BCUT2D eigenvalue weighted by Gasteiger charge is -2.22. The van der Waals surface area contributed by atoms with E-state index in [2.05, 4.69) is 34.3 Å². The maximum absolute atomic E-state index is 12.8. The molecule has 2 amide bonds. The number of likely N-dealkylation sites (N-methyl/N-ethyl adjacent to an activating group) is 1. The standard InChI is InChI=1S/C19H24N6OS/c1-4-24(11-9-17-20-10-12-27-17)19(26)22-16-8-6-5-7-15(16)18-23-21-13-25(18)14(2)3/h5-8,10,12-14H,4,9,11H2,1-3H3,(H,22,26). The molecule has 0 atom stereocenters. The van der Waals surface area contributed by atoms with Gasteiger partial charge in [-0.25, -0.2) is 9.78 Å². The second-order valence-corrected chi connectivity index (χ2v) is 7.37. The van der Waals surface area contributed by atoms with Crippen molar-refractivity contribution in [3.63, 3.8) is 0 Å². The molecule has 0 spiro atoms. The Bertz CT molecular complexity index is 874. The summed E-state index contributed by atoms with van der Waals surface area (Å²) in [5, 5.41) is 14.3. The predicted molar refractivity (Wildman–Crippen MR) is 108 cm³/mol. The summed E-state index contributed by atoms with van der Waals surface area (Å²) in [5.41, 5.74) is 1.58. The van der Waals surface area contributed by atoms with E-state index >= 15 is 0 Å². The van der Waals surface area contributed by atoms with E-state index in [1.807, 2.05) is 41.1 Å². The minimum atomic E-state index is -0.128. The van der Waals surface area contributed by atoms with E-state index in [9.17, 15) is 4.79 Å². The molecule has 0 aliphatic carbocycles. The molecule has 142 valence electrons. The summed E-state index contributed by atoms with van der Waals surface area (Å²) < 4.78 is 1.99. The Hall–Kier alpha value is -2.74. The Labute approximate surface area is 163 Å². The fourth-order valence-corrected chi connectivity index (χ4v) is 3.41. The van der Waals surface area contributed by atoms with Gasteiger partial charge >= 0.3 is 6.03 Å². The number of benzene rings is 1. The highest BCUT2D eigenvalue weighted by molar-refractivity contribution is 7.09. The number of anilines is 1. The van der Waals surface area contributed by atoms with Crippen LogP contribution >= 0.6 is 11.3 Å². The van der Waals surface area contributed by atoms with Crippen molar-refractivity contribution in [1.82, 2.24) is 24.6 Å². The number of amides is 2. The van der Waals surface area contributed by atoms with Gasteiger partial charge in [-0.1, -0.05) is 12.1 Å². The highest BCUT2D eigenvalue weighted by atomic mass is 32.1. The van der Waals surface area contributed by atoms with E-state index in [-0.39, 0.29) is 12.1 Å². The molecule has 0 radical (unpaired) electrons. The fourth-order valence-electron chi connectivity index (χ4n) is 2.80. The van der Waals surface area contributed by atoms with Gasteiger partial charge in [-0.05, 0) is 32.9 Å². The minimum absolute atomic E-state index is 0.128. The number of thiazole rings is 1. The third-order valence-electron chi connectivity index (χ3n) is 4.29. The van der Waals surface area contributed by atoms with Crippen LogP contribution in [-0.2, 0) is 6.42 Å². The Morgan fingerprint density at radius 3 is 2.85 bits per heavy atom. The molecule has 2 aromatic heterocycles. The molecule has 0 bridgehead atoms. The van der Waals surface area contributed by atoms with Crippen LogP contribution in [0.25, 0.3) is 11.4 Å². The first-order valence-corrected chi connectivity index (χ1v) is 9.91. The third kappa shape index (κ3) is 4.51. The summed E-state index contributed by atoms with van der Waals surface area (Å²) in [6.45, 7) is 7.38. The average Bonchev–Trinajstić information content (AvgIpc) is 3.34. The summed E-state index contributed by atoms with van der Waals surface area (Å²) in [5.74, 6) is 0.742. The van der Waals surface area contributed by atoms with Crippen molar-refractivity contribution in [3.05, 3.63) is 47.2 Å². The molecule has 0 saturated heterocycles. The lowest BCUT2D eigenvalue weighted by molar-refractivity contribution is 0.215. The van der Waals surface area contributed by atoms with E-state index in [1.54, 1.807) is 28.8 Å². The number of carbonyl (C=O) groups is 1. The van der Waals surface area contributed by atoms with Crippen molar-refractivity contribution in [1.29, 1.82) is 0 Å². The van der Waals surface area contributed by atoms with Gasteiger partial charge in [-0.3, -0.25) is 0 Å². The smallest absolute Gasteiger partial charge is 0.321 e. The second-order valence-electron chi connectivity index (χ2n) is 6.39. The van der Waals surface area contributed by atoms with Crippen molar-refractivity contribution in [2.75, 3.05) is 18.4 Å². The van der Waals surface area contributed by atoms with Crippen LogP contribution in [0.3, 0.4) is 0 Å². The number of aromatic nitrogens is 4. The predicted octanol–water partition coefficient (Wildman–Crippen LogP) is 4.08. The minimum Gasteiger partial charge on any atom is -0.324 e. The maximum atomic E-state index is 12.8. The van der Waals surface area contributed by atoms with Gasteiger partial charge in [0.25, 0.3) is 0 Å². The zero-order valence-corrected chi connectivity index (χ0v) is 16.6. The number of carbonyl (C=O) groups excluding carboxylic acids is 1. The molecule has 3 aromatic rings. The van der Waals surface area contributed by atoms with E-state index < -0.39 is 0 Å². The van der Waals surface area contributed by atoms with Gasteiger partial charge in [0.1, 0.15) is 6.33 Å². The Morgan fingerprint density at radius 1 is 1.33 bits per heavy atom. The van der Waals surface area contributed by atoms with E-state index in [4.69, 9.17) is 0 Å². The van der Waals surface area contributed by atoms with Crippen LogP contribution in [0.4, 0.5) is 10.5 Å². The summed E-state index contributed by atoms with van der Waals surface area (Å²) in [4.78, 5) is 18.9. The largest absolute Gasteiger partial charge is 0.324 e. The molecule has 0 saturated carbocycles. The maximum Gasteiger partial charge on any atom is 0.321 e. The molecule has 1 aromatic carbocycles. The van der Waals surface area contributed by atoms with Gasteiger partial charge in [-0.2, -0.15) is 0 Å². The van der Waals surface area contributed by atoms with Gasteiger partial charge in [0.2, 0.25) is 0 Å². The topological polar surface area (TPSA) is 75.9 Å². The number of nitrogens with one attached hydrogen (secondary N) is 1. The normalized spacial score (nSPS) is 11.0. The Kier molecular flexibility index (Phi) is 6.18. The molecular weight excluding hydrogens is 360 g/mol. The molecule has 2 heterocycles. The summed E-state index contributed by atoms with van der Waals surface area (Å²) >= 11 is 1.61. The molecule has 0 unspecified atom stereocenters. The van der Waals surface area contributed by atoms with Crippen LogP contribution in [0.15, 0.2) is 42.2 Å². The number of rotatable bonds is 7. The van der Waals surface area contributed by atoms with Gasteiger partial charge in [0.15, 0.2) is 5.82 Å². The molecule has 0 aliphatic heterocycles. The van der Waals surface area contributed by atoms with Crippen LogP contribution in [0.5, 0.6) is 0 Å². The summed E-state index contributed by atoms with van der Waals surface area (Å²) in [6, 6.07) is 7.78. The zero-order valence-electron chi connectivity index (χ0n) is 15.8. The monoisotopic (exact) mass is 384 g/mol. The quantitative estimate of drug-likeness (QED) is 0.666. The van der Waals surface area contributed by atoms with Crippen molar-refractivity contribution in [2.24, 2.45) is 0 Å². The fraction of sp³-hybridized carbons (Fsp3) is 0.368. The van der Waals surface area contributed by atoms with E-state index in [1.165, 1.54) is 0 Å². The molecule has 0 fully saturated rings. The number of hydrogen-bond acceptors (Lipinski definition) is 5. The lowest BCUT2D eigenvalue weighted by atomic mass is 10.1. The molecular formula is C19H24N6OS. The second kappa shape index (κ2) is 8.77. The summed E-state index contributed by atoms with van der Waals surface area (Å²) in [7, 11) is 0. The highest BCUT2D eigenvalue weighted by Crippen LogP contribution is 2.28. The van der Waals surface area contributed by atoms with E-state index in [0.29, 0.717) is 13.1 Å². The third-order valence-corrected chi connectivity index (χ3v) is 5.13. The lowest BCUT2D eigenvalue weighted by Crippen LogP contribution is -2.36. The van der Waals surface area contributed by atoms with Gasteiger partial charge < -0.3 is 14.8 Å². The SMILES string of the molecule is CCN(CCc1nccs1)C(=O)Nc1ccccc1-c1nncn1C(C)C. The van der Waals surface area contributed by atoms with Gasteiger partial charge in [0, 0.05) is 42.7 Å². The van der Waals surface area contributed by atoms with Crippen molar-refractivity contribution in [3.8, 4) is 11.4 Å². The number of nitrogens with zero attached hydrogens (tertiary/aromatic N) is 5. The average molecular weight is 385 g/mol. The highest BCUT2D eigenvalue weighted by Gasteiger charge is 2.17. The first-order chi connectivity index (χ1) is 13.1. The van der Waals surface area contributed by atoms with Crippen LogP contribution in [0, 0.1) is 0 Å². The van der Waals surface area contributed by atoms with Crippen LogP contribution in [0.1, 0.15) is 31.8 Å². The first-order valence-electron chi connectivity index (χ1n) is 9.03. The molecule has 0 aliphatic rings. The van der Waals surface area contributed by atoms with Crippen molar-refractivity contribution < 1.29 is 4.79 Å². The molecule has 27 heavy (non-hydrogen) atoms. The molecule has 8 heteroatoms. The van der Waals surface area contributed by atoms with Crippen molar-refractivity contribution >= 4 is 23.1 Å². The molecule has 3 rings (SSSR count). The van der Waals surface area contributed by atoms with Gasteiger partial charge in [0.05, 0.1) is 10.7 Å².